The lowest BCUT2D eigenvalue weighted by molar-refractivity contribution is 0.0607. The molecule has 19 heavy (non-hydrogen) atoms. The van der Waals surface area contributed by atoms with Gasteiger partial charge in [-0.05, 0) is 11.4 Å². The first-order valence-electron chi connectivity index (χ1n) is 5.56. The number of carbonyl (C=O) groups excluding carboxylic acids is 1. The molecule has 0 spiro atoms. The van der Waals surface area contributed by atoms with E-state index in [4.69, 9.17) is 4.74 Å². The number of rotatable bonds is 4. The molecule has 7 nitrogen and oxygen atoms in total. The molecule has 0 amide bonds. The quantitative estimate of drug-likeness (QED) is 0.820. The summed E-state index contributed by atoms with van der Waals surface area (Å²) in [5, 5.41) is 1.63. The average Bonchev–Trinajstić information content (AvgIpc) is 2.86. The summed E-state index contributed by atoms with van der Waals surface area (Å²) in [6.07, 6.45) is 0. The Bertz CT molecular complexity index is 548. The van der Waals surface area contributed by atoms with Crippen LogP contribution in [-0.2, 0) is 19.7 Å². The lowest BCUT2D eigenvalue weighted by atomic mass is 10.4. The van der Waals surface area contributed by atoms with Crippen LogP contribution >= 0.6 is 11.3 Å². The number of esters is 1. The molecular formula is C10H14N2O5S2. The second kappa shape index (κ2) is 5.87. The van der Waals surface area contributed by atoms with E-state index in [9.17, 15) is 13.2 Å². The maximum Gasteiger partial charge on any atom is 0.350 e. The van der Waals surface area contributed by atoms with Crippen molar-refractivity contribution >= 4 is 33.2 Å². The van der Waals surface area contributed by atoms with Gasteiger partial charge in [0.25, 0.3) is 0 Å². The third kappa shape index (κ3) is 3.24. The standard InChI is InChI=1S/C10H14N2O5S2/c1-16-10(13)9-8(2-7-18-9)11-19(14,15)12-3-5-17-6-4-12/h2,7,11H,3-6H2,1H3. The highest BCUT2D eigenvalue weighted by Gasteiger charge is 2.26. The minimum absolute atomic E-state index is 0.235. The van der Waals surface area contributed by atoms with Crippen molar-refractivity contribution in [3.8, 4) is 0 Å². The molecule has 1 aliphatic rings. The number of thiophene rings is 1. The number of methoxy groups -OCH3 is 1. The maximum atomic E-state index is 12.1. The van der Waals surface area contributed by atoms with Crippen LogP contribution in [0.3, 0.4) is 0 Å². The zero-order valence-electron chi connectivity index (χ0n) is 10.3. The van der Waals surface area contributed by atoms with Crippen LogP contribution in [0, 0.1) is 0 Å². The van der Waals surface area contributed by atoms with Crippen LogP contribution < -0.4 is 4.72 Å². The molecule has 0 radical (unpaired) electrons. The zero-order chi connectivity index (χ0) is 13.9. The van der Waals surface area contributed by atoms with E-state index in [0.717, 1.165) is 11.3 Å². The van der Waals surface area contributed by atoms with Gasteiger partial charge in [0.1, 0.15) is 4.88 Å². The van der Waals surface area contributed by atoms with Crippen molar-refractivity contribution in [3.05, 3.63) is 16.3 Å². The van der Waals surface area contributed by atoms with Gasteiger partial charge in [0.15, 0.2) is 0 Å². The molecule has 0 bridgehead atoms. The van der Waals surface area contributed by atoms with Crippen LogP contribution in [-0.4, -0.2) is 52.1 Å². The Morgan fingerprint density at radius 1 is 1.47 bits per heavy atom. The number of hydrogen-bond acceptors (Lipinski definition) is 6. The lowest BCUT2D eigenvalue weighted by Gasteiger charge is -2.26. The van der Waals surface area contributed by atoms with Gasteiger partial charge in [-0.1, -0.05) is 0 Å². The van der Waals surface area contributed by atoms with Crippen molar-refractivity contribution in [1.82, 2.24) is 4.31 Å². The largest absolute Gasteiger partial charge is 0.465 e. The van der Waals surface area contributed by atoms with Crippen molar-refractivity contribution in [2.45, 2.75) is 0 Å². The van der Waals surface area contributed by atoms with E-state index in [2.05, 4.69) is 9.46 Å². The molecule has 1 aromatic rings. The van der Waals surface area contributed by atoms with Crippen molar-refractivity contribution in [2.24, 2.45) is 0 Å². The molecule has 2 heterocycles. The van der Waals surface area contributed by atoms with Gasteiger partial charge in [0.05, 0.1) is 26.0 Å². The van der Waals surface area contributed by atoms with Crippen molar-refractivity contribution in [1.29, 1.82) is 0 Å². The predicted molar refractivity (Wildman–Crippen MR) is 70.6 cm³/mol. The fourth-order valence-electron chi connectivity index (χ4n) is 1.63. The summed E-state index contributed by atoms with van der Waals surface area (Å²) in [6.45, 7) is 1.34. The topological polar surface area (TPSA) is 84.9 Å². The summed E-state index contributed by atoms with van der Waals surface area (Å²) in [7, 11) is -2.42. The Kier molecular flexibility index (Phi) is 4.40. The van der Waals surface area contributed by atoms with Crippen LogP contribution in [0.1, 0.15) is 9.67 Å². The fraction of sp³-hybridized carbons (Fsp3) is 0.500. The van der Waals surface area contributed by atoms with Crippen LogP contribution in [0.15, 0.2) is 11.4 Å². The molecule has 1 fully saturated rings. The van der Waals surface area contributed by atoms with Crippen molar-refractivity contribution in [3.63, 3.8) is 0 Å². The maximum absolute atomic E-state index is 12.1. The summed E-state index contributed by atoms with van der Waals surface area (Å²) in [5.74, 6) is -0.560. The molecule has 1 aliphatic heterocycles. The molecule has 0 aromatic carbocycles. The minimum atomic E-state index is -3.67. The molecule has 0 aliphatic carbocycles. The normalized spacial score (nSPS) is 17.1. The van der Waals surface area contributed by atoms with Gasteiger partial charge in [0.2, 0.25) is 0 Å². The first kappa shape index (κ1) is 14.3. The molecule has 0 atom stereocenters. The number of morpholine rings is 1. The molecule has 106 valence electrons. The van der Waals surface area contributed by atoms with Crippen molar-refractivity contribution < 1.29 is 22.7 Å². The van der Waals surface area contributed by atoms with Crippen LogP contribution in [0.2, 0.25) is 0 Å². The molecular weight excluding hydrogens is 292 g/mol. The molecule has 1 aromatic heterocycles. The monoisotopic (exact) mass is 306 g/mol. The van der Waals surface area contributed by atoms with Crippen LogP contribution in [0.4, 0.5) is 5.69 Å². The van der Waals surface area contributed by atoms with E-state index < -0.39 is 16.2 Å². The van der Waals surface area contributed by atoms with Gasteiger partial charge < -0.3 is 9.47 Å². The lowest BCUT2D eigenvalue weighted by Crippen LogP contribution is -2.43. The van der Waals surface area contributed by atoms with E-state index in [1.54, 1.807) is 5.38 Å². The summed E-state index contributed by atoms with van der Waals surface area (Å²) in [5.41, 5.74) is 0.239. The van der Waals surface area contributed by atoms with Gasteiger partial charge in [-0.3, -0.25) is 4.72 Å². The first-order valence-corrected chi connectivity index (χ1v) is 7.88. The Labute approximate surface area is 115 Å². The number of hydrogen-bond donors (Lipinski definition) is 1. The van der Waals surface area contributed by atoms with Gasteiger partial charge in [-0.25, -0.2) is 4.79 Å². The molecule has 0 unspecified atom stereocenters. The van der Waals surface area contributed by atoms with Gasteiger partial charge in [-0.2, -0.15) is 12.7 Å². The van der Waals surface area contributed by atoms with E-state index in [0.29, 0.717) is 26.3 Å². The highest BCUT2D eigenvalue weighted by molar-refractivity contribution is 7.90. The predicted octanol–water partition coefficient (Wildman–Crippen LogP) is 0.524. The zero-order valence-corrected chi connectivity index (χ0v) is 11.9. The SMILES string of the molecule is COC(=O)c1sccc1NS(=O)(=O)N1CCOCC1. The van der Waals surface area contributed by atoms with Gasteiger partial charge in [-0.15, -0.1) is 11.3 Å². The average molecular weight is 306 g/mol. The molecule has 9 heteroatoms. The highest BCUT2D eigenvalue weighted by atomic mass is 32.2. The van der Waals surface area contributed by atoms with Crippen molar-refractivity contribution in [2.75, 3.05) is 38.1 Å². The summed E-state index contributed by atoms with van der Waals surface area (Å²) in [6, 6.07) is 1.54. The van der Waals surface area contributed by atoms with Crippen LogP contribution in [0.5, 0.6) is 0 Å². The van der Waals surface area contributed by atoms with Gasteiger partial charge >= 0.3 is 16.2 Å². The number of nitrogens with one attached hydrogen (secondary N) is 1. The van der Waals surface area contributed by atoms with E-state index in [-0.39, 0.29) is 10.6 Å². The Hall–Kier alpha value is -1.16. The summed E-state index contributed by atoms with van der Waals surface area (Å²) >= 11 is 1.12. The van der Waals surface area contributed by atoms with E-state index in [1.165, 1.54) is 17.5 Å². The molecule has 1 saturated heterocycles. The third-order valence-corrected chi connectivity index (χ3v) is 5.00. The number of anilines is 1. The van der Waals surface area contributed by atoms with E-state index in [1.807, 2.05) is 0 Å². The Morgan fingerprint density at radius 2 is 2.16 bits per heavy atom. The third-order valence-electron chi connectivity index (χ3n) is 2.58. The number of nitrogens with zero attached hydrogens (tertiary/aromatic N) is 1. The van der Waals surface area contributed by atoms with Crippen LogP contribution in [0.25, 0.3) is 0 Å². The smallest absolute Gasteiger partial charge is 0.350 e. The van der Waals surface area contributed by atoms with E-state index >= 15 is 0 Å². The Balaban J connectivity index is 2.16. The second-order valence-electron chi connectivity index (χ2n) is 3.77. The summed E-state index contributed by atoms with van der Waals surface area (Å²) in [4.78, 5) is 11.7. The first-order chi connectivity index (χ1) is 9.04. The summed E-state index contributed by atoms with van der Waals surface area (Å²) < 4.78 is 37.6. The molecule has 1 N–H and O–H groups in total. The van der Waals surface area contributed by atoms with Gasteiger partial charge in [0, 0.05) is 13.1 Å². The number of ether oxygens (including phenoxy) is 2. The molecule has 0 saturated carbocycles. The highest BCUT2D eigenvalue weighted by Crippen LogP contribution is 2.24. The second-order valence-corrected chi connectivity index (χ2v) is 6.36. The Morgan fingerprint density at radius 3 is 2.79 bits per heavy atom. The number of carbonyl (C=O) groups is 1. The molecule has 2 rings (SSSR count). The fourth-order valence-corrected chi connectivity index (χ4v) is 3.67. The minimum Gasteiger partial charge on any atom is -0.465 e.